The van der Waals surface area contributed by atoms with Gasteiger partial charge in [0.2, 0.25) is 0 Å². The molecule has 0 aliphatic rings. The van der Waals surface area contributed by atoms with E-state index < -0.39 is 0 Å². The standard InChI is InChI=1S/C11H15BrFNO/c1-7(6-15)14-8(2)9-3-4-10(12)11(13)5-9/h3-5,7-8,14-15H,6H2,1-2H3/t7-,8?/m1/s1. The van der Waals surface area contributed by atoms with Gasteiger partial charge >= 0.3 is 0 Å². The quantitative estimate of drug-likeness (QED) is 0.886. The summed E-state index contributed by atoms with van der Waals surface area (Å²) in [7, 11) is 0. The van der Waals surface area contributed by atoms with Crippen molar-refractivity contribution in [1.29, 1.82) is 0 Å². The zero-order valence-electron chi connectivity index (χ0n) is 8.80. The van der Waals surface area contributed by atoms with Crippen molar-refractivity contribution in [3.8, 4) is 0 Å². The summed E-state index contributed by atoms with van der Waals surface area (Å²) >= 11 is 3.11. The van der Waals surface area contributed by atoms with Crippen LogP contribution in [0.25, 0.3) is 0 Å². The van der Waals surface area contributed by atoms with Crippen LogP contribution in [-0.2, 0) is 0 Å². The Morgan fingerprint density at radius 2 is 2.13 bits per heavy atom. The number of nitrogens with one attached hydrogen (secondary N) is 1. The van der Waals surface area contributed by atoms with Crippen molar-refractivity contribution >= 4 is 15.9 Å². The van der Waals surface area contributed by atoms with Crippen molar-refractivity contribution in [2.75, 3.05) is 6.61 Å². The van der Waals surface area contributed by atoms with E-state index in [-0.39, 0.29) is 24.5 Å². The lowest BCUT2D eigenvalue weighted by atomic mass is 10.1. The summed E-state index contributed by atoms with van der Waals surface area (Å²) in [6, 6.07) is 5.06. The Morgan fingerprint density at radius 3 is 2.67 bits per heavy atom. The highest BCUT2D eigenvalue weighted by atomic mass is 79.9. The van der Waals surface area contributed by atoms with Gasteiger partial charge in [0.1, 0.15) is 5.82 Å². The molecule has 4 heteroatoms. The van der Waals surface area contributed by atoms with Crippen LogP contribution in [0, 0.1) is 5.82 Å². The van der Waals surface area contributed by atoms with Crippen molar-refractivity contribution in [1.82, 2.24) is 5.32 Å². The molecule has 0 saturated heterocycles. The van der Waals surface area contributed by atoms with Gasteiger partial charge in [-0.05, 0) is 47.5 Å². The fourth-order valence-electron chi connectivity index (χ4n) is 1.36. The Morgan fingerprint density at radius 1 is 1.47 bits per heavy atom. The molecule has 0 fully saturated rings. The average molecular weight is 276 g/mol. The summed E-state index contributed by atoms with van der Waals surface area (Å²) in [4.78, 5) is 0. The third-order valence-electron chi connectivity index (χ3n) is 2.25. The minimum absolute atomic E-state index is 0.00621. The smallest absolute Gasteiger partial charge is 0.137 e. The molecule has 1 aromatic rings. The summed E-state index contributed by atoms with van der Waals surface area (Å²) in [5.41, 5.74) is 0.871. The predicted octanol–water partition coefficient (Wildman–Crippen LogP) is 2.62. The highest BCUT2D eigenvalue weighted by molar-refractivity contribution is 9.10. The van der Waals surface area contributed by atoms with E-state index in [9.17, 15) is 4.39 Å². The Bertz CT molecular complexity index is 332. The number of aliphatic hydroxyl groups excluding tert-OH is 1. The first-order valence-corrected chi connectivity index (χ1v) is 5.65. The molecule has 2 atom stereocenters. The first kappa shape index (κ1) is 12.6. The van der Waals surface area contributed by atoms with Crippen molar-refractivity contribution in [3.05, 3.63) is 34.1 Å². The molecule has 2 N–H and O–H groups in total. The molecule has 0 amide bonds. The van der Waals surface area contributed by atoms with Crippen LogP contribution in [-0.4, -0.2) is 17.8 Å². The molecule has 0 saturated carbocycles. The van der Waals surface area contributed by atoms with Crippen LogP contribution in [0.2, 0.25) is 0 Å². The predicted molar refractivity (Wildman–Crippen MR) is 62.2 cm³/mol. The molecule has 0 bridgehead atoms. The lowest BCUT2D eigenvalue weighted by Crippen LogP contribution is -2.31. The van der Waals surface area contributed by atoms with Crippen molar-refractivity contribution in [2.45, 2.75) is 25.9 Å². The zero-order chi connectivity index (χ0) is 11.4. The monoisotopic (exact) mass is 275 g/mol. The van der Waals surface area contributed by atoms with Crippen molar-refractivity contribution in [2.24, 2.45) is 0 Å². The van der Waals surface area contributed by atoms with Gasteiger partial charge in [0.25, 0.3) is 0 Å². The number of halogens is 2. The Balaban J connectivity index is 2.73. The molecule has 0 spiro atoms. The first-order chi connectivity index (χ1) is 7.04. The number of aliphatic hydroxyl groups is 1. The molecule has 0 aliphatic heterocycles. The van der Waals surface area contributed by atoms with Gasteiger partial charge in [0, 0.05) is 12.1 Å². The second-order valence-corrected chi connectivity index (χ2v) is 4.50. The van der Waals surface area contributed by atoms with Gasteiger partial charge in [-0.25, -0.2) is 4.39 Å². The molecule has 0 radical (unpaired) electrons. The number of benzene rings is 1. The molecular weight excluding hydrogens is 261 g/mol. The molecule has 1 rings (SSSR count). The van der Waals surface area contributed by atoms with Crippen molar-refractivity contribution < 1.29 is 9.50 Å². The van der Waals surface area contributed by atoms with Crippen LogP contribution in [0.15, 0.2) is 22.7 Å². The topological polar surface area (TPSA) is 32.3 Å². The second kappa shape index (κ2) is 5.58. The Labute approximate surface area is 97.6 Å². The van der Waals surface area contributed by atoms with E-state index in [0.717, 1.165) is 5.56 Å². The van der Waals surface area contributed by atoms with Gasteiger partial charge in [-0.3, -0.25) is 0 Å². The van der Waals surface area contributed by atoms with Crippen molar-refractivity contribution in [3.63, 3.8) is 0 Å². The van der Waals surface area contributed by atoms with Crippen LogP contribution in [0.1, 0.15) is 25.5 Å². The average Bonchev–Trinajstić information content (AvgIpc) is 2.21. The summed E-state index contributed by atoms with van der Waals surface area (Å²) in [5.74, 6) is -0.266. The van der Waals surface area contributed by atoms with Crippen LogP contribution < -0.4 is 5.32 Å². The summed E-state index contributed by atoms with van der Waals surface area (Å²) in [6.07, 6.45) is 0. The fraction of sp³-hybridized carbons (Fsp3) is 0.455. The zero-order valence-corrected chi connectivity index (χ0v) is 10.4. The minimum atomic E-state index is -0.266. The SMILES string of the molecule is CC(N[C@H](C)CO)c1ccc(Br)c(F)c1. The third-order valence-corrected chi connectivity index (χ3v) is 2.90. The first-order valence-electron chi connectivity index (χ1n) is 4.86. The van der Waals surface area contributed by atoms with Gasteiger partial charge in [0.15, 0.2) is 0 Å². The lowest BCUT2D eigenvalue weighted by molar-refractivity contribution is 0.243. The van der Waals surface area contributed by atoms with E-state index in [1.54, 1.807) is 6.07 Å². The van der Waals surface area contributed by atoms with E-state index in [0.29, 0.717) is 4.47 Å². The number of hydrogen-bond acceptors (Lipinski definition) is 2. The molecule has 1 unspecified atom stereocenters. The Hall–Kier alpha value is -0.450. The maximum Gasteiger partial charge on any atom is 0.137 e. The van der Waals surface area contributed by atoms with E-state index in [4.69, 9.17) is 5.11 Å². The molecule has 2 nitrogen and oxygen atoms in total. The van der Waals surface area contributed by atoms with Gasteiger partial charge in [0.05, 0.1) is 11.1 Å². The summed E-state index contributed by atoms with van der Waals surface area (Å²) in [5, 5.41) is 12.0. The molecule has 0 heterocycles. The fourth-order valence-corrected chi connectivity index (χ4v) is 1.60. The number of rotatable bonds is 4. The molecule has 1 aromatic carbocycles. The Kier molecular flexibility index (Phi) is 4.70. The van der Waals surface area contributed by atoms with E-state index in [1.165, 1.54) is 6.07 Å². The van der Waals surface area contributed by atoms with Crippen LogP contribution in [0.5, 0.6) is 0 Å². The molecule has 15 heavy (non-hydrogen) atoms. The highest BCUT2D eigenvalue weighted by Crippen LogP contribution is 2.20. The molecular formula is C11H15BrFNO. The van der Waals surface area contributed by atoms with Gasteiger partial charge in [-0.15, -0.1) is 0 Å². The lowest BCUT2D eigenvalue weighted by Gasteiger charge is -2.18. The van der Waals surface area contributed by atoms with E-state index in [1.807, 2.05) is 19.9 Å². The number of hydrogen-bond donors (Lipinski definition) is 2. The second-order valence-electron chi connectivity index (χ2n) is 3.65. The van der Waals surface area contributed by atoms with Crippen LogP contribution >= 0.6 is 15.9 Å². The minimum Gasteiger partial charge on any atom is -0.395 e. The van der Waals surface area contributed by atoms with Gasteiger partial charge in [-0.2, -0.15) is 0 Å². The molecule has 0 aliphatic carbocycles. The van der Waals surface area contributed by atoms with E-state index in [2.05, 4.69) is 21.2 Å². The van der Waals surface area contributed by atoms with E-state index >= 15 is 0 Å². The van der Waals surface area contributed by atoms with Gasteiger partial charge in [-0.1, -0.05) is 6.07 Å². The molecule has 84 valence electrons. The van der Waals surface area contributed by atoms with Gasteiger partial charge < -0.3 is 10.4 Å². The summed E-state index contributed by atoms with van der Waals surface area (Å²) in [6.45, 7) is 3.89. The maximum atomic E-state index is 13.2. The van der Waals surface area contributed by atoms with Crippen LogP contribution in [0.4, 0.5) is 4.39 Å². The largest absolute Gasteiger partial charge is 0.395 e. The normalized spacial score (nSPS) is 15.0. The highest BCUT2D eigenvalue weighted by Gasteiger charge is 2.10. The molecule has 0 aromatic heterocycles. The van der Waals surface area contributed by atoms with Crippen LogP contribution in [0.3, 0.4) is 0 Å². The summed E-state index contributed by atoms with van der Waals surface area (Å²) < 4.78 is 13.7. The maximum absolute atomic E-state index is 13.2. The third kappa shape index (κ3) is 3.55.